The standard InChI is InChI=1S/C12H18N4O4/c1-12(2,7-17)15(3)10-5-4-8(16(19)20)6-9(10)11(13)14-18/h4-6,17-18H,7H2,1-3H3,(H2,13,14). The van der Waals surface area contributed by atoms with Gasteiger partial charge in [-0.3, -0.25) is 10.1 Å². The number of nitro groups is 1. The molecule has 0 saturated heterocycles. The Bertz CT molecular complexity index is 542. The van der Waals surface area contributed by atoms with Crippen LogP contribution in [0, 0.1) is 10.1 Å². The fourth-order valence-corrected chi connectivity index (χ4v) is 1.62. The van der Waals surface area contributed by atoms with Crippen LogP contribution in [0.3, 0.4) is 0 Å². The largest absolute Gasteiger partial charge is 0.409 e. The van der Waals surface area contributed by atoms with Gasteiger partial charge in [-0.25, -0.2) is 0 Å². The van der Waals surface area contributed by atoms with Crippen molar-refractivity contribution in [3.8, 4) is 0 Å². The summed E-state index contributed by atoms with van der Waals surface area (Å²) in [6, 6.07) is 4.06. The molecular weight excluding hydrogens is 264 g/mol. The van der Waals surface area contributed by atoms with Gasteiger partial charge in [0.1, 0.15) is 0 Å². The Kier molecular flexibility index (Phi) is 4.51. The zero-order valence-electron chi connectivity index (χ0n) is 11.6. The molecule has 110 valence electrons. The maximum atomic E-state index is 10.8. The van der Waals surface area contributed by atoms with Gasteiger partial charge in [-0.1, -0.05) is 5.16 Å². The van der Waals surface area contributed by atoms with Crippen LogP contribution in [0.2, 0.25) is 0 Å². The minimum Gasteiger partial charge on any atom is -0.409 e. The quantitative estimate of drug-likeness (QED) is 0.242. The lowest BCUT2D eigenvalue weighted by atomic mass is 10.0. The van der Waals surface area contributed by atoms with E-state index in [0.29, 0.717) is 5.69 Å². The lowest BCUT2D eigenvalue weighted by Gasteiger charge is -2.36. The van der Waals surface area contributed by atoms with Gasteiger partial charge in [-0.15, -0.1) is 0 Å². The Morgan fingerprint density at radius 2 is 2.15 bits per heavy atom. The van der Waals surface area contributed by atoms with E-state index in [-0.39, 0.29) is 23.7 Å². The second-order valence-corrected chi connectivity index (χ2v) is 4.97. The van der Waals surface area contributed by atoms with Gasteiger partial charge in [0.25, 0.3) is 5.69 Å². The average Bonchev–Trinajstić information content (AvgIpc) is 2.44. The topological polar surface area (TPSA) is 125 Å². The van der Waals surface area contributed by atoms with Crippen LogP contribution >= 0.6 is 0 Å². The van der Waals surface area contributed by atoms with Gasteiger partial charge >= 0.3 is 0 Å². The summed E-state index contributed by atoms with van der Waals surface area (Å²) in [5, 5.41) is 31.9. The van der Waals surface area contributed by atoms with Crippen LogP contribution < -0.4 is 10.6 Å². The van der Waals surface area contributed by atoms with Crippen molar-refractivity contribution in [2.24, 2.45) is 10.9 Å². The molecule has 1 aromatic rings. The molecular formula is C12H18N4O4. The molecule has 1 aromatic carbocycles. The predicted molar refractivity (Wildman–Crippen MR) is 75.2 cm³/mol. The van der Waals surface area contributed by atoms with Gasteiger partial charge in [-0.2, -0.15) is 0 Å². The van der Waals surface area contributed by atoms with Crippen LogP contribution in [-0.4, -0.2) is 40.3 Å². The third kappa shape index (κ3) is 2.97. The highest BCUT2D eigenvalue weighted by molar-refractivity contribution is 6.02. The Morgan fingerprint density at radius 3 is 2.60 bits per heavy atom. The summed E-state index contributed by atoms with van der Waals surface area (Å²) in [4.78, 5) is 12.0. The molecule has 4 N–H and O–H groups in total. The van der Waals surface area contributed by atoms with Crippen molar-refractivity contribution >= 4 is 17.2 Å². The van der Waals surface area contributed by atoms with Crippen LogP contribution in [0.5, 0.6) is 0 Å². The first-order valence-electron chi connectivity index (χ1n) is 5.85. The number of non-ortho nitro benzene ring substituents is 1. The number of anilines is 1. The molecule has 8 nitrogen and oxygen atoms in total. The highest BCUT2D eigenvalue weighted by Crippen LogP contribution is 2.29. The third-order valence-electron chi connectivity index (χ3n) is 3.23. The fourth-order valence-electron chi connectivity index (χ4n) is 1.62. The predicted octanol–water partition coefficient (Wildman–Crippen LogP) is 0.896. The number of rotatable bonds is 5. The first-order valence-corrected chi connectivity index (χ1v) is 5.85. The number of aliphatic hydroxyl groups is 1. The zero-order valence-corrected chi connectivity index (χ0v) is 11.6. The normalized spacial score (nSPS) is 12.3. The van der Waals surface area contributed by atoms with E-state index in [1.807, 2.05) is 0 Å². The molecule has 0 saturated carbocycles. The maximum absolute atomic E-state index is 10.8. The zero-order chi connectivity index (χ0) is 15.5. The van der Waals surface area contributed by atoms with Gasteiger partial charge in [0, 0.05) is 24.9 Å². The highest BCUT2D eigenvalue weighted by atomic mass is 16.6. The summed E-state index contributed by atoms with van der Waals surface area (Å²) in [7, 11) is 1.71. The van der Waals surface area contributed by atoms with E-state index in [0.717, 1.165) is 0 Å². The number of hydrogen-bond donors (Lipinski definition) is 3. The van der Waals surface area contributed by atoms with E-state index in [2.05, 4.69) is 5.16 Å². The van der Waals surface area contributed by atoms with Crippen molar-refractivity contribution in [3.05, 3.63) is 33.9 Å². The van der Waals surface area contributed by atoms with E-state index in [1.165, 1.54) is 18.2 Å². The van der Waals surface area contributed by atoms with Gasteiger partial charge in [0.15, 0.2) is 5.84 Å². The van der Waals surface area contributed by atoms with Gasteiger partial charge in [0.05, 0.1) is 22.6 Å². The highest BCUT2D eigenvalue weighted by Gasteiger charge is 2.26. The number of hydrogen-bond acceptors (Lipinski definition) is 6. The molecule has 0 aliphatic carbocycles. The molecule has 0 aliphatic heterocycles. The smallest absolute Gasteiger partial charge is 0.270 e. The Morgan fingerprint density at radius 1 is 1.55 bits per heavy atom. The van der Waals surface area contributed by atoms with E-state index in [1.54, 1.807) is 25.8 Å². The fraction of sp³-hybridized carbons (Fsp3) is 0.417. The van der Waals surface area contributed by atoms with Gasteiger partial charge in [-0.05, 0) is 19.9 Å². The van der Waals surface area contributed by atoms with E-state index >= 15 is 0 Å². The second kappa shape index (κ2) is 5.74. The summed E-state index contributed by atoms with van der Waals surface area (Å²) >= 11 is 0. The molecule has 0 aromatic heterocycles. The number of nitrogens with zero attached hydrogens (tertiary/aromatic N) is 3. The molecule has 0 atom stereocenters. The monoisotopic (exact) mass is 282 g/mol. The molecule has 0 unspecified atom stereocenters. The minimum atomic E-state index is -0.610. The summed E-state index contributed by atoms with van der Waals surface area (Å²) in [6.45, 7) is 3.46. The number of aliphatic hydroxyl groups excluding tert-OH is 1. The van der Waals surface area contributed by atoms with Crippen LogP contribution in [0.15, 0.2) is 23.4 Å². The molecule has 0 heterocycles. The summed E-state index contributed by atoms with van der Waals surface area (Å²) < 4.78 is 0. The number of nitrogens with two attached hydrogens (primary N) is 1. The second-order valence-electron chi connectivity index (χ2n) is 4.97. The van der Waals surface area contributed by atoms with Crippen LogP contribution in [-0.2, 0) is 0 Å². The van der Waals surface area contributed by atoms with Gasteiger partial charge in [0.2, 0.25) is 0 Å². The molecule has 0 bridgehead atoms. The molecule has 0 fully saturated rings. The molecule has 8 heteroatoms. The van der Waals surface area contributed by atoms with Crippen molar-refractivity contribution in [2.75, 3.05) is 18.6 Å². The van der Waals surface area contributed by atoms with E-state index in [4.69, 9.17) is 10.9 Å². The molecule has 0 spiro atoms. The summed E-state index contributed by atoms with van der Waals surface area (Å²) in [5.41, 5.74) is 5.55. The van der Waals surface area contributed by atoms with Crippen molar-refractivity contribution in [2.45, 2.75) is 19.4 Å². The summed E-state index contributed by atoms with van der Waals surface area (Å²) in [5.74, 6) is -0.232. The van der Waals surface area contributed by atoms with Crippen molar-refractivity contribution in [1.29, 1.82) is 0 Å². The Hall–Kier alpha value is -2.35. The van der Waals surface area contributed by atoms with E-state index < -0.39 is 10.5 Å². The first-order chi connectivity index (χ1) is 9.24. The lowest BCUT2D eigenvalue weighted by molar-refractivity contribution is -0.384. The summed E-state index contributed by atoms with van der Waals surface area (Å²) in [6.07, 6.45) is 0. The molecule has 0 radical (unpaired) electrons. The first kappa shape index (κ1) is 15.7. The van der Waals surface area contributed by atoms with Crippen LogP contribution in [0.4, 0.5) is 11.4 Å². The number of likely N-dealkylation sites (N-methyl/N-ethyl adjacent to an activating group) is 1. The number of nitro benzene ring substituents is 1. The molecule has 20 heavy (non-hydrogen) atoms. The van der Waals surface area contributed by atoms with Crippen LogP contribution in [0.1, 0.15) is 19.4 Å². The lowest BCUT2D eigenvalue weighted by Crippen LogP contribution is -2.45. The van der Waals surface area contributed by atoms with Crippen molar-refractivity contribution < 1.29 is 15.2 Å². The third-order valence-corrected chi connectivity index (χ3v) is 3.23. The maximum Gasteiger partial charge on any atom is 0.270 e. The molecule has 0 amide bonds. The number of benzene rings is 1. The molecule has 1 rings (SSSR count). The van der Waals surface area contributed by atoms with E-state index in [9.17, 15) is 15.2 Å². The van der Waals surface area contributed by atoms with Crippen molar-refractivity contribution in [1.82, 2.24) is 0 Å². The minimum absolute atomic E-state index is 0.129. The average molecular weight is 282 g/mol. The Labute approximate surface area is 116 Å². The van der Waals surface area contributed by atoms with Crippen molar-refractivity contribution in [3.63, 3.8) is 0 Å². The number of amidine groups is 1. The Balaban J connectivity index is 3.43. The SMILES string of the molecule is CN(c1ccc([N+](=O)[O-])cc1/C(N)=N/O)C(C)(C)CO. The number of oxime groups is 1. The van der Waals surface area contributed by atoms with Gasteiger partial charge < -0.3 is 20.9 Å². The van der Waals surface area contributed by atoms with Crippen LogP contribution in [0.25, 0.3) is 0 Å². The molecule has 0 aliphatic rings.